The molecule has 1 aliphatic heterocycles. The Morgan fingerprint density at radius 2 is 2.35 bits per heavy atom. The maximum absolute atomic E-state index is 5.71. The second kappa shape index (κ2) is 5.62. The van der Waals surface area contributed by atoms with Crippen molar-refractivity contribution >= 4 is 23.7 Å². The number of halogens is 1. The van der Waals surface area contributed by atoms with Gasteiger partial charge in [-0.05, 0) is 30.8 Å². The highest BCUT2D eigenvalue weighted by atomic mass is 35.5. The van der Waals surface area contributed by atoms with Gasteiger partial charge in [-0.2, -0.15) is 11.3 Å². The van der Waals surface area contributed by atoms with E-state index < -0.39 is 0 Å². The lowest BCUT2D eigenvalue weighted by Gasteiger charge is -2.18. The van der Waals surface area contributed by atoms with E-state index in [9.17, 15) is 0 Å². The summed E-state index contributed by atoms with van der Waals surface area (Å²) >= 11 is 1.64. The van der Waals surface area contributed by atoms with Gasteiger partial charge < -0.3 is 9.73 Å². The van der Waals surface area contributed by atoms with Gasteiger partial charge in [-0.15, -0.1) is 22.6 Å². The molecule has 0 spiro atoms. The number of piperidine rings is 1. The van der Waals surface area contributed by atoms with Crippen LogP contribution in [0, 0.1) is 0 Å². The average Bonchev–Trinajstić information content (AvgIpc) is 3.01. The molecule has 3 rings (SSSR count). The molecule has 17 heavy (non-hydrogen) atoms. The molecule has 2 aromatic rings. The highest BCUT2D eigenvalue weighted by Crippen LogP contribution is 2.26. The number of thiophene rings is 1. The number of nitrogens with zero attached hydrogens (tertiary/aromatic N) is 2. The van der Waals surface area contributed by atoms with Gasteiger partial charge in [-0.25, -0.2) is 0 Å². The van der Waals surface area contributed by atoms with E-state index in [4.69, 9.17) is 4.42 Å². The van der Waals surface area contributed by atoms with Crippen LogP contribution in [0.3, 0.4) is 0 Å². The van der Waals surface area contributed by atoms with Crippen LogP contribution in [0.1, 0.15) is 24.7 Å². The second-order valence-electron chi connectivity index (χ2n) is 4.00. The quantitative estimate of drug-likeness (QED) is 0.912. The number of nitrogens with one attached hydrogen (secondary N) is 1. The van der Waals surface area contributed by atoms with Crippen molar-refractivity contribution in [1.82, 2.24) is 15.5 Å². The van der Waals surface area contributed by atoms with E-state index in [-0.39, 0.29) is 12.4 Å². The van der Waals surface area contributed by atoms with E-state index in [1.165, 1.54) is 6.42 Å². The Hall–Kier alpha value is -0.910. The van der Waals surface area contributed by atoms with E-state index in [1.807, 2.05) is 16.8 Å². The van der Waals surface area contributed by atoms with E-state index in [0.717, 1.165) is 31.0 Å². The van der Waals surface area contributed by atoms with Crippen molar-refractivity contribution in [2.45, 2.75) is 18.8 Å². The molecule has 2 aromatic heterocycles. The Kier molecular flexibility index (Phi) is 4.15. The number of rotatable bonds is 2. The average molecular weight is 272 g/mol. The van der Waals surface area contributed by atoms with Gasteiger partial charge in [-0.1, -0.05) is 0 Å². The first-order valence-electron chi connectivity index (χ1n) is 5.50. The zero-order valence-electron chi connectivity index (χ0n) is 9.26. The van der Waals surface area contributed by atoms with E-state index >= 15 is 0 Å². The fourth-order valence-electron chi connectivity index (χ4n) is 1.96. The fourth-order valence-corrected chi connectivity index (χ4v) is 2.59. The van der Waals surface area contributed by atoms with Crippen molar-refractivity contribution in [3.8, 4) is 11.5 Å². The lowest BCUT2D eigenvalue weighted by atomic mass is 10.00. The number of hydrogen-bond acceptors (Lipinski definition) is 5. The molecule has 1 N–H and O–H groups in total. The summed E-state index contributed by atoms with van der Waals surface area (Å²) in [6.45, 7) is 2.05. The SMILES string of the molecule is Cl.c1cc(-c2nnc(C3CCCNC3)o2)cs1. The molecule has 92 valence electrons. The Morgan fingerprint density at radius 3 is 3.06 bits per heavy atom. The predicted molar refractivity (Wildman–Crippen MR) is 69.7 cm³/mol. The van der Waals surface area contributed by atoms with E-state index in [1.54, 1.807) is 11.3 Å². The molecule has 1 atom stereocenters. The molecule has 3 heterocycles. The van der Waals surface area contributed by atoms with Gasteiger partial charge in [0.25, 0.3) is 0 Å². The first-order chi connectivity index (χ1) is 7.93. The molecule has 4 nitrogen and oxygen atoms in total. The smallest absolute Gasteiger partial charge is 0.248 e. The van der Waals surface area contributed by atoms with Gasteiger partial charge in [0.15, 0.2) is 0 Å². The van der Waals surface area contributed by atoms with Crippen molar-refractivity contribution in [1.29, 1.82) is 0 Å². The summed E-state index contributed by atoms with van der Waals surface area (Å²) in [6, 6.07) is 2.00. The van der Waals surface area contributed by atoms with Crippen LogP contribution in [0.5, 0.6) is 0 Å². The maximum Gasteiger partial charge on any atom is 0.248 e. The molecule has 1 saturated heterocycles. The second-order valence-corrected chi connectivity index (χ2v) is 4.78. The highest BCUT2D eigenvalue weighted by molar-refractivity contribution is 7.08. The number of hydrogen-bond donors (Lipinski definition) is 1. The minimum atomic E-state index is 0. The molecule has 0 aromatic carbocycles. The molecule has 0 radical (unpaired) electrons. The highest BCUT2D eigenvalue weighted by Gasteiger charge is 2.21. The van der Waals surface area contributed by atoms with Gasteiger partial charge in [0, 0.05) is 23.4 Å². The Morgan fingerprint density at radius 1 is 1.41 bits per heavy atom. The zero-order valence-corrected chi connectivity index (χ0v) is 10.9. The summed E-state index contributed by atoms with van der Waals surface area (Å²) in [5.74, 6) is 1.80. The normalized spacial score (nSPS) is 19.9. The van der Waals surface area contributed by atoms with Crippen molar-refractivity contribution < 1.29 is 4.42 Å². The van der Waals surface area contributed by atoms with Gasteiger partial charge in [0.2, 0.25) is 11.8 Å². The van der Waals surface area contributed by atoms with Gasteiger partial charge in [-0.3, -0.25) is 0 Å². The minimum absolute atomic E-state index is 0. The molecular weight excluding hydrogens is 258 g/mol. The Labute approximate surface area is 110 Å². The maximum atomic E-state index is 5.71. The molecular formula is C11H14ClN3OS. The van der Waals surface area contributed by atoms with Crippen molar-refractivity contribution in [2.75, 3.05) is 13.1 Å². The third-order valence-corrected chi connectivity index (χ3v) is 3.54. The lowest BCUT2D eigenvalue weighted by Crippen LogP contribution is -2.28. The van der Waals surface area contributed by atoms with Crippen LogP contribution >= 0.6 is 23.7 Å². The molecule has 0 bridgehead atoms. The molecule has 1 aliphatic rings. The third-order valence-electron chi connectivity index (χ3n) is 2.85. The van der Waals surface area contributed by atoms with Crippen molar-refractivity contribution in [2.24, 2.45) is 0 Å². The van der Waals surface area contributed by atoms with Crippen LogP contribution < -0.4 is 5.32 Å². The topological polar surface area (TPSA) is 51.0 Å². The lowest BCUT2D eigenvalue weighted by molar-refractivity contribution is 0.381. The van der Waals surface area contributed by atoms with Crippen LogP contribution in [-0.4, -0.2) is 23.3 Å². The summed E-state index contributed by atoms with van der Waals surface area (Å²) in [6.07, 6.45) is 2.32. The van der Waals surface area contributed by atoms with Gasteiger partial charge in [0.1, 0.15) is 0 Å². The molecule has 6 heteroatoms. The van der Waals surface area contributed by atoms with Crippen LogP contribution in [0.25, 0.3) is 11.5 Å². The summed E-state index contributed by atoms with van der Waals surface area (Å²) < 4.78 is 5.71. The van der Waals surface area contributed by atoms with Crippen LogP contribution in [0.15, 0.2) is 21.2 Å². The van der Waals surface area contributed by atoms with Crippen LogP contribution in [0.2, 0.25) is 0 Å². The molecule has 0 saturated carbocycles. The zero-order chi connectivity index (χ0) is 10.8. The largest absolute Gasteiger partial charge is 0.420 e. The molecule has 1 unspecified atom stereocenters. The summed E-state index contributed by atoms with van der Waals surface area (Å²) in [4.78, 5) is 0. The van der Waals surface area contributed by atoms with Gasteiger partial charge in [0.05, 0.1) is 0 Å². The van der Waals surface area contributed by atoms with Crippen molar-refractivity contribution in [3.05, 3.63) is 22.7 Å². The minimum Gasteiger partial charge on any atom is -0.420 e. The Balaban J connectivity index is 0.00000108. The fraction of sp³-hybridized carbons (Fsp3) is 0.455. The number of aromatic nitrogens is 2. The first kappa shape index (κ1) is 12.5. The summed E-state index contributed by atoms with van der Waals surface area (Å²) in [5, 5.41) is 15.6. The van der Waals surface area contributed by atoms with Crippen molar-refractivity contribution in [3.63, 3.8) is 0 Å². The van der Waals surface area contributed by atoms with E-state index in [0.29, 0.717) is 11.8 Å². The van der Waals surface area contributed by atoms with E-state index in [2.05, 4.69) is 15.5 Å². The molecule has 1 fully saturated rings. The van der Waals surface area contributed by atoms with Crippen LogP contribution in [0.4, 0.5) is 0 Å². The Bertz CT molecular complexity index is 451. The monoisotopic (exact) mass is 271 g/mol. The van der Waals surface area contributed by atoms with Crippen LogP contribution in [-0.2, 0) is 0 Å². The standard InChI is InChI=1S/C11H13N3OS.ClH/c1-2-8(6-12-4-1)10-13-14-11(15-10)9-3-5-16-7-9;/h3,5,7-8,12H,1-2,4,6H2;1H. The predicted octanol–water partition coefficient (Wildman–Crippen LogP) is 2.69. The first-order valence-corrected chi connectivity index (χ1v) is 6.44. The van der Waals surface area contributed by atoms with Gasteiger partial charge >= 0.3 is 0 Å². The summed E-state index contributed by atoms with van der Waals surface area (Å²) in [5.41, 5.74) is 1.02. The summed E-state index contributed by atoms with van der Waals surface area (Å²) in [7, 11) is 0. The molecule has 0 amide bonds. The molecule has 0 aliphatic carbocycles. The third kappa shape index (κ3) is 2.68.